The summed E-state index contributed by atoms with van der Waals surface area (Å²) in [6, 6.07) is 10.6. The van der Waals surface area contributed by atoms with Gasteiger partial charge in [0, 0.05) is 35.6 Å². The summed E-state index contributed by atoms with van der Waals surface area (Å²) in [5.41, 5.74) is 3.92. The predicted octanol–water partition coefficient (Wildman–Crippen LogP) is 4.16. The van der Waals surface area contributed by atoms with Gasteiger partial charge in [0.1, 0.15) is 12.0 Å². The van der Waals surface area contributed by atoms with E-state index >= 15 is 0 Å². The molecule has 5 heteroatoms. The Morgan fingerprint density at radius 1 is 1.19 bits per heavy atom. The molecule has 0 bridgehead atoms. The van der Waals surface area contributed by atoms with Crippen molar-refractivity contribution in [3.8, 4) is 5.75 Å². The van der Waals surface area contributed by atoms with Crippen molar-refractivity contribution in [3.63, 3.8) is 0 Å². The van der Waals surface area contributed by atoms with Crippen molar-refractivity contribution in [1.29, 1.82) is 0 Å². The van der Waals surface area contributed by atoms with E-state index in [4.69, 9.17) is 9.84 Å². The van der Waals surface area contributed by atoms with Crippen LogP contribution >= 0.6 is 0 Å². The molecule has 0 radical (unpaired) electrons. The van der Waals surface area contributed by atoms with Crippen molar-refractivity contribution >= 4 is 23.2 Å². The number of hydrogen-bond donors (Lipinski definition) is 1. The van der Waals surface area contributed by atoms with Gasteiger partial charge in [-0.05, 0) is 47.9 Å². The van der Waals surface area contributed by atoms with Gasteiger partial charge in [0.2, 0.25) is 0 Å². The normalized spacial score (nSPS) is 10.8. The highest BCUT2D eigenvalue weighted by atomic mass is 16.5. The molecule has 1 aromatic heterocycles. The number of nitrogens with zero attached hydrogens (tertiary/aromatic N) is 1. The van der Waals surface area contributed by atoms with Crippen LogP contribution in [0.25, 0.3) is 10.9 Å². The molecule has 0 aliphatic carbocycles. The number of carboxylic acid groups (broad SMARTS) is 1. The fourth-order valence-electron chi connectivity index (χ4n) is 3.26. The number of carboxylic acids is 1. The summed E-state index contributed by atoms with van der Waals surface area (Å²) >= 11 is 0. The molecule has 5 nitrogen and oxygen atoms in total. The van der Waals surface area contributed by atoms with Crippen molar-refractivity contribution < 1.29 is 19.4 Å². The third-order valence-electron chi connectivity index (χ3n) is 4.50. The molecule has 0 aliphatic rings. The number of rotatable bonds is 7. The lowest BCUT2D eigenvalue weighted by molar-refractivity contribution is 0.0696. The Hall–Kier alpha value is -3.08. The van der Waals surface area contributed by atoms with Crippen LogP contribution < -0.4 is 4.74 Å². The summed E-state index contributed by atoms with van der Waals surface area (Å²) < 4.78 is 7.59. The van der Waals surface area contributed by atoms with Crippen molar-refractivity contribution in [2.45, 2.75) is 26.3 Å². The molecule has 1 heterocycles. The maximum Gasteiger partial charge on any atom is 0.335 e. The maximum atomic E-state index is 11.2. The SMILES string of the molecule is CCCn1cc(Cc2ccc(C(=O)O)cc2OC)c2cc(C=O)ccc21. The summed E-state index contributed by atoms with van der Waals surface area (Å²) in [6.07, 6.45) is 4.56. The summed E-state index contributed by atoms with van der Waals surface area (Å²) in [5, 5.41) is 10.2. The molecule has 0 atom stereocenters. The second-order valence-corrected chi connectivity index (χ2v) is 6.25. The Morgan fingerprint density at radius 3 is 2.65 bits per heavy atom. The smallest absolute Gasteiger partial charge is 0.335 e. The highest BCUT2D eigenvalue weighted by Crippen LogP contribution is 2.29. The Kier molecular flexibility index (Phi) is 5.07. The minimum atomic E-state index is -0.981. The van der Waals surface area contributed by atoms with Crippen molar-refractivity contribution in [2.75, 3.05) is 7.11 Å². The maximum absolute atomic E-state index is 11.2. The zero-order valence-electron chi connectivity index (χ0n) is 14.9. The van der Waals surface area contributed by atoms with Crippen LogP contribution in [0.4, 0.5) is 0 Å². The number of carbonyl (C=O) groups excluding carboxylic acids is 1. The first kappa shape index (κ1) is 17.7. The third-order valence-corrected chi connectivity index (χ3v) is 4.50. The number of fused-ring (bicyclic) bond motifs is 1. The third kappa shape index (κ3) is 3.33. The number of aldehydes is 1. The minimum absolute atomic E-state index is 0.197. The van der Waals surface area contributed by atoms with Gasteiger partial charge in [-0.2, -0.15) is 0 Å². The summed E-state index contributed by atoms with van der Waals surface area (Å²) in [6.45, 7) is 3.02. The fraction of sp³-hybridized carbons (Fsp3) is 0.238. The van der Waals surface area contributed by atoms with Gasteiger partial charge in [0.15, 0.2) is 0 Å². The second kappa shape index (κ2) is 7.44. The molecule has 0 fully saturated rings. The average molecular weight is 351 g/mol. The largest absolute Gasteiger partial charge is 0.496 e. The molecule has 2 aromatic carbocycles. The van der Waals surface area contributed by atoms with Gasteiger partial charge in [-0.1, -0.05) is 13.0 Å². The van der Waals surface area contributed by atoms with E-state index in [1.54, 1.807) is 18.2 Å². The highest BCUT2D eigenvalue weighted by molar-refractivity contribution is 5.91. The lowest BCUT2D eigenvalue weighted by atomic mass is 10.0. The lowest BCUT2D eigenvalue weighted by Gasteiger charge is -2.09. The highest BCUT2D eigenvalue weighted by Gasteiger charge is 2.14. The molecule has 26 heavy (non-hydrogen) atoms. The molecule has 3 aromatic rings. The quantitative estimate of drug-likeness (QED) is 0.649. The molecule has 0 aliphatic heterocycles. The first-order valence-corrected chi connectivity index (χ1v) is 8.54. The monoisotopic (exact) mass is 351 g/mol. The number of aryl methyl sites for hydroxylation is 1. The molecule has 0 saturated carbocycles. The number of aromatic nitrogens is 1. The van der Waals surface area contributed by atoms with Crippen molar-refractivity contribution in [1.82, 2.24) is 4.57 Å². The summed E-state index contributed by atoms with van der Waals surface area (Å²) in [5.74, 6) is -0.433. The Morgan fingerprint density at radius 2 is 2.00 bits per heavy atom. The number of hydrogen-bond acceptors (Lipinski definition) is 3. The van der Waals surface area contributed by atoms with Crippen LogP contribution in [0.1, 0.15) is 45.2 Å². The van der Waals surface area contributed by atoms with E-state index in [2.05, 4.69) is 17.7 Å². The molecule has 0 amide bonds. The van der Waals surface area contributed by atoms with E-state index in [1.807, 2.05) is 18.2 Å². The Balaban J connectivity index is 2.08. The van der Waals surface area contributed by atoms with Crippen LogP contribution in [-0.2, 0) is 13.0 Å². The van der Waals surface area contributed by atoms with Gasteiger partial charge >= 0.3 is 5.97 Å². The molecule has 0 unspecified atom stereocenters. The molecule has 0 spiro atoms. The van der Waals surface area contributed by atoms with E-state index in [-0.39, 0.29) is 5.56 Å². The molecule has 134 valence electrons. The summed E-state index contributed by atoms with van der Waals surface area (Å²) in [7, 11) is 1.54. The topological polar surface area (TPSA) is 68.5 Å². The molecular weight excluding hydrogens is 330 g/mol. The van der Waals surface area contributed by atoms with E-state index in [1.165, 1.54) is 7.11 Å². The van der Waals surface area contributed by atoms with Crippen LogP contribution in [0.2, 0.25) is 0 Å². The average Bonchev–Trinajstić information content (AvgIpc) is 2.99. The van der Waals surface area contributed by atoms with Crippen LogP contribution in [-0.4, -0.2) is 29.0 Å². The number of carbonyl (C=O) groups is 2. The van der Waals surface area contributed by atoms with Gasteiger partial charge in [-0.15, -0.1) is 0 Å². The zero-order valence-corrected chi connectivity index (χ0v) is 14.9. The standard InChI is InChI=1S/C21H21NO4/c1-3-8-22-12-17(18-9-14(13-23)4-7-19(18)22)10-15-5-6-16(21(24)25)11-20(15)26-2/h4-7,9,11-13H,3,8,10H2,1-2H3,(H,24,25). The molecule has 1 N–H and O–H groups in total. The van der Waals surface area contributed by atoms with Crippen molar-refractivity contribution in [3.05, 3.63) is 64.8 Å². The van der Waals surface area contributed by atoms with Crippen LogP contribution in [0.3, 0.4) is 0 Å². The fourth-order valence-corrected chi connectivity index (χ4v) is 3.26. The van der Waals surface area contributed by atoms with Crippen LogP contribution in [0, 0.1) is 0 Å². The van der Waals surface area contributed by atoms with E-state index < -0.39 is 5.97 Å². The zero-order chi connectivity index (χ0) is 18.7. The minimum Gasteiger partial charge on any atom is -0.496 e. The molecular formula is C21H21NO4. The Labute approximate surface area is 151 Å². The summed E-state index contributed by atoms with van der Waals surface area (Å²) in [4.78, 5) is 22.3. The van der Waals surface area contributed by atoms with Gasteiger partial charge < -0.3 is 14.4 Å². The van der Waals surface area contributed by atoms with E-state index in [0.29, 0.717) is 17.7 Å². The van der Waals surface area contributed by atoms with Crippen LogP contribution in [0.5, 0.6) is 5.75 Å². The number of ether oxygens (including phenoxy) is 1. The molecule has 3 rings (SSSR count). The second-order valence-electron chi connectivity index (χ2n) is 6.25. The van der Waals surface area contributed by atoms with Gasteiger partial charge in [0.05, 0.1) is 12.7 Å². The predicted molar refractivity (Wildman–Crippen MR) is 100 cm³/mol. The number of methoxy groups -OCH3 is 1. The van der Waals surface area contributed by atoms with Gasteiger partial charge in [-0.25, -0.2) is 4.79 Å². The molecule has 0 saturated heterocycles. The Bertz CT molecular complexity index is 972. The number of aromatic carboxylic acids is 1. The van der Waals surface area contributed by atoms with Gasteiger partial charge in [0.25, 0.3) is 0 Å². The number of benzene rings is 2. The van der Waals surface area contributed by atoms with E-state index in [9.17, 15) is 9.59 Å². The van der Waals surface area contributed by atoms with E-state index in [0.717, 1.165) is 41.3 Å². The first-order valence-electron chi connectivity index (χ1n) is 8.54. The van der Waals surface area contributed by atoms with Crippen molar-refractivity contribution in [2.24, 2.45) is 0 Å². The first-order chi connectivity index (χ1) is 12.6. The lowest BCUT2D eigenvalue weighted by Crippen LogP contribution is -2.00. The van der Waals surface area contributed by atoms with Gasteiger partial charge in [-0.3, -0.25) is 4.79 Å². The van der Waals surface area contributed by atoms with Crippen LogP contribution in [0.15, 0.2) is 42.6 Å².